The summed E-state index contributed by atoms with van der Waals surface area (Å²) in [7, 11) is 0. The van der Waals surface area contributed by atoms with Crippen LogP contribution in [0.25, 0.3) is 6.08 Å². The molecule has 0 saturated heterocycles. The maximum Gasteiger partial charge on any atom is 0.490 e. The van der Waals surface area contributed by atoms with E-state index in [0.29, 0.717) is 0 Å². The zero-order chi connectivity index (χ0) is 15.2. The highest BCUT2D eigenvalue weighted by molar-refractivity contribution is 5.73. The Morgan fingerprint density at radius 1 is 1.30 bits per heavy atom. The van der Waals surface area contributed by atoms with E-state index < -0.39 is 12.1 Å². The topological polar surface area (TPSA) is 63.3 Å². The van der Waals surface area contributed by atoms with E-state index in [1.165, 1.54) is 18.4 Å². The lowest BCUT2D eigenvalue weighted by molar-refractivity contribution is -0.192. The third kappa shape index (κ3) is 6.38. The van der Waals surface area contributed by atoms with Gasteiger partial charge < -0.3 is 10.8 Å². The first kappa shape index (κ1) is 16.2. The molecule has 0 atom stereocenters. The first-order valence-corrected chi connectivity index (χ1v) is 6.03. The third-order valence-corrected chi connectivity index (χ3v) is 2.77. The van der Waals surface area contributed by atoms with E-state index in [1.54, 1.807) is 0 Å². The fourth-order valence-electron chi connectivity index (χ4n) is 1.36. The Hall–Kier alpha value is -1.82. The Balaban J connectivity index is 0.000000246. The molecule has 6 heteroatoms. The van der Waals surface area contributed by atoms with Gasteiger partial charge in [0.05, 0.1) is 0 Å². The number of alkyl halides is 3. The van der Waals surface area contributed by atoms with Crippen molar-refractivity contribution in [1.29, 1.82) is 0 Å². The number of benzene rings is 1. The van der Waals surface area contributed by atoms with Gasteiger partial charge in [0.2, 0.25) is 0 Å². The van der Waals surface area contributed by atoms with Crippen LogP contribution in [-0.2, 0) is 4.79 Å². The number of aliphatic carboxylic acids is 1. The Labute approximate surface area is 114 Å². The summed E-state index contributed by atoms with van der Waals surface area (Å²) in [4.78, 5) is 8.90. The van der Waals surface area contributed by atoms with E-state index in [1.807, 2.05) is 6.07 Å². The SMILES string of the molecule is NC1(C/C=C/c2ccccc2)CC1.O=C(O)C(F)(F)F. The third-order valence-electron chi connectivity index (χ3n) is 2.77. The van der Waals surface area contributed by atoms with E-state index in [9.17, 15) is 13.2 Å². The van der Waals surface area contributed by atoms with Gasteiger partial charge in [0.25, 0.3) is 0 Å². The average molecular weight is 287 g/mol. The Morgan fingerprint density at radius 2 is 1.80 bits per heavy atom. The van der Waals surface area contributed by atoms with E-state index in [0.717, 1.165) is 6.42 Å². The highest BCUT2D eigenvalue weighted by Gasteiger charge is 2.38. The van der Waals surface area contributed by atoms with Crippen molar-refractivity contribution >= 4 is 12.0 Å². The molecule has 20 heavy (non-hydrogen) atoms. The van der Waals surface area contributed by atoms with Crippen LogP contribution in [0.3, 0.4) is 0 Å². The Bertz CT molecular complexity index is 465. The molecule has 0 aliphatic heterocycles. The van der Waals surface area contributed by atoms with E-state index in [-0.39, 0.29) is 5.54 Å². The zero-order valence-electron chi connectivity index (χ0n) is 10.7. The van der Waals surface area contributed by atoms with Crippen LogP contribution in [-0.4, -0.2) is 22.8 Å². The highest BCUT2D eigenvalue weighted by Crippen LogP contribution is 2.35. The van der Waals surface area contributed by atoms with E-state index in [2.05, 4.69) is 36.4 Å². The minimum Gasteiger partial charge on any atom is -0.475 e. The fraction of sp³-hybridized carbons (Fsp3) is 0.357. The largest absolute Gasteiger partial charge is 0.490 e. The molecule has 1 aromatic rings. The Kier molecular flexibility index (Phi) is 5.33. The summed E-state index contributed by atoms with van der Waals surface area (Å²) >= 11 is 0. The maximum atomic E-state index is 10.6. The van der Waals surface area contributed by atoms with Crippen molar-refractivity contribution in [2.45, 2.75) is 31.0 Å². The molecule has 3 N–H and O–H groups in total. The number of hydrogen-bond acceptors (Lipinski definition) is 2. The summed E-state index contributed by atoms with van der Waals surface area (Å²) in [5.74, 6) is -2.76. The summed E-state index contributed by atoms with van der Waals surface area (Å²) in [6.45, 7) is 0. The molecule has 1 aromatic carbocycles. The molecule has 0 heterocycles. The molecule has 2 rings (SSSR count). The molecule has 0 amide bonds. The number of hydrogen-bond donors (Lipinski definition) is 2. The standard InChI is InChI=1S/C12H15N.C2HF3O2/c13-12(9-10-12)8-4-7-11-5-2-1-3-6-11;3-2(4,5)1(6)7/h1-7H,8-10,13H2;(H,6,7)/b7-4+;. The molecule has 1 aliphatic rings. The molecule has 0 unspecified atom stereocenters. The second-order valence-electron chi connectivity index (χ2n) is 4.68. The number of halogens is 3. The van der Waals surface area contributed by atoms with Gasteiger partial charge in [0.15, 0.2) is 0 Å². The molecule has 110 valence electrons. The summed E-state index contributed by atoms with van der Waals surface area (Å²) < 4.78 is 31.7. The number of rotatable bonds is 3. The minimum atomic E-state index is -5.08. The summed E-state index contributed by atoms with van der Waals surface area (Å²) in [5.41, 5.74) is 7.36. The second kappa shape index (κ2) is 6.56. The second-order valence-corrected chi connectivity index (χ2v) is 4.68. The molecule has 1 saturated carbocycles. The minimum absolute atomic E-state index is 0.144. The van der Waals surface area contributed by atoms with Crippen molar-refractivity contribution in [1.82, 2.24) is 0 Å². The first-order valence-electron chi connectivity index (χ1n) is 6.03. The van der Waals surface area contributed by atoms with Crippen LogP contribution < -0.4 is 5.73 Å². The number of carbonyl (C=O) groups is 1. The zero-order valence-corrected chi connectivity index (χ0v) is 10.7. The lowest BCUT2D eigenvalue weighted by Crippen LogP contribution is -2.21. The molecule has 0 bridgehead atoms. The van der Waals surface area contributed by atoms with Crippen molar-refractivity contribution in [2.75, 3.05) is 0 Å². The maximum absolute atomic E-state index is 10.6. The Morgan fingerprint density at radius 3 is 2.20 bits per heavy atom. The lowest BCUT2D eigenvalue weighted by atomic mass is 10.1. The van der Waals surface area contributed by atoms with Crippen molar-refractivity contribution in [3.8, 4) is 0 Å². The van der Waals surface area contributed by atoms with Crippen molar-refractivity contribution in [3.05, 3.63) is 42.0 Å². The van der Waals surface area contributed by atoms with Crippen LogP contribution in [0, 0.1) is 0 Å². The summed E-state index contributed by atoms with van der Waals surface area (Å²) in [5, 5.41) is 7.12. The van der Waals surface area contributed by atoms with Gasteiger partial charge in [-0.2, -0.15) is 13.2 Å². The lowest BCUT2D eigenvalue weighted by Gasteiger charge is -2.01. The number of nitrogens with two attached hydrogens (primary N) is 1. The summed E-state index contributed by atoms with van der Waals surface area (Å²) in [6.07, 6.45) is 2.63. The molecule has 1 aliphatic carbocycles. The van der Waals surface area contributed by atoms with Crippen LogP contribution in [0.15, 0.2) is 36.4 Å². The van der Waals surface area contributed by atoms with Crippen LogP contribution in [0.2, 0.25) is 0 Å². The fourth-order valence-corrected chi connectivity index (χ4v) is 1.36. The predicted molar refractivity (Wildman–Crippen MR) is 69.9 cm³/mol. The van der Waals surface area contributed by atoms with Crippen molar-refractivity contribution in [2.24, 2.45) is 5.73 Å². The van der Waals surface area contributed by atoms with Crippen molar-refractivity contribution < 1.29 is 23.1 Å². The quantitative estimate of drug-likeness (QED) is 0.897. The van der Waals surface area contributed by atoms with Gasteiger partial charge in [-0.1, -0.05) is 42.5 Å². The predicted octanol–water partition coefficient (Wildman–Crippen LogP) is 3.21. The normalized spacial score (nSPS) is 16.4. The van der Waals surface area contributed by atoms with Gasteiger partial charge in [0, 0.05) is 5.54 Å². The van der Waals surface area contributed by atoms with Gasteiger partial charge in [-0.05, 0) is 24.8 Å². The molecular formula is C14H16F3NO2. The smallest absolute Gasteiger partial charge is 0.475 e. The average Bonchev–Trinajstić information content (AvgIpc) is 3.08. The molecule has 3 nitrogen and oxygen atoms in total. The van der Waals surface area contributed by atoms with E-state index >= 15 is 0 Å². The molecule has 1 fully saturated rings. The van der Waals surface area contributed by atoms with Crippen LogP contribution in [0.5, 0.6) is 0 Å². The van der Waals surface area contributed by atoms with Gasteiger partial charge in [-0.3, -0.25) is 0 Å². The first-order chi connectivity index (χ1) is 9.23. The monoisotopic (exact) mass is 287 g/mol. The van der Waals surface area contributed by atoms with Crippen LogP contribution in [0.4, 0.5) is 13.2 Å². The number of carboxylic acids is 1. The van der Waals surface area contributed by atoms with Gasteiger partial charge in [-0.15, -0.1) is 0 Å². The summed E-state index contributed by atoms with van der Waals surface area (Å²) in [6, 6.07) is 10.3. The van der Waals surface area contributed by atoms with Crippen LogP contribution >= 0.6 is 0 Å². The number of carboxylic acid groups (broad SMARTS) is 1. The highest BCUT2D eigenvalue weighted by atomic mass is 19.4. The van der Waals surface area contributed by atoms with Crippen LogP contribution in [0.1, 0.15) is 24.8 Å². The van der Waals surface area contributed by atoms with E-state index in [4.69, 9.17) is 15.6 Å². The van der Waals surface area contributed by atoms with Gasteiger partial charge in [-0.25, -0.2) is 4.79 Å². The van der Waals surface area contributed by atoms with Crippen molar-refractivity contribution in [3.63, 3.8) is 0 Å². The molecule has 0 radical (unpaired) electrons. The van der Waals surface area contributed by atoms with Gasteiger partial charge in [0.1, 0.15) is 0 Å². The molecular weight excluding hydrogens is 271 g/mol. The molecule has 0 spiro atoms. The van der Waals surface area contributed by atoms with Gasteiger partial charge >= 0.3 is 12.1 Å². The molecule has 0 aromatic heterocycles.